The van der Waals surface area contributed by atoms with Crippen molar-refractivity contribution in [1.29, 1.82) is 0 Å². The second kappa shape index (κ2) is 7.12. The molecule has 0 heterocycles. The third kappa shape index (κ3) is 3.04. The van der Waals surface area contributed by atoms with Gasteiger partial charge in [-0.3, -0.25) is 0 Å². The fourth-order valence-corrected chi connectivity index (χ4v) is 9.55. The molecule has 4 saturated carbocycles. The van der Waals surface area contributed by atoms with E-state index in [0.717, 1.165) is 48.3 Å². The molecule has 0 aromatic carbocycles. The molecule has 0 aromatic heterocycles. The van der Waals surface area contributed by atoms with E-state index in [1.165, 1.54) is 57.8 Å². The predicted octanol–water partition coefficient (Wildman–Crippen LogP) is 7.68. The minimum atomic E-state index is 0.376. The zero-order valence-electron chi connectivity index (χ0n) is 19.7. The van der Waals surface area contributed by atoms with E-state index in [2.05, 4.69) is 34.6 Å². The molecule has 0 aromatic rings. The van der Waals surface area contributed by atoms with Crippen LogP contribution >= 0.6 is 0 Å². The van der Waals surface area contributed by atoms with Crippen LogP contribution in [0.5, 0.6) is 0 Å². The zero-order chi connectivity index (χ0) is 20.3. The van der Waals surface area contributed by atoms with Crippen molar-refractivity contribution in [1.82, 2.24) is 0 Å². The Morgan fingerprint density at radius 1 is 0.964 bits per heavy atom. The van der Waals surface area contributed by atoms with Crippen molar-refractivity contribution in [2.24, 2.45) is 51.8 Å². The summed E-state index contributed by atoms with van der Waals surface area (Å²) in [5.41, 5.74) is 1.72. The summed E-state index contributed by atoms with van der Waals surface area (Å²) in [4.78, 5) is 11.5. The lowest BCUT2D eigenvalue weighted by Gasteiger charge is -2.65. The van der Waals surface area contributed by atoms with Gasteiger partial charge in [0.2, 0.25) is 0 Å². The lowest BCUT2D eigenvalue weighted by atomic mass is 9.39. The van der Waals surface area contributed by atoms with Crippen molar-refractivity contribution in [3.05, 3.63) is 0 Å². The number of rotatable bonds is 4. The van der Waals surface area contributed by atoms with Gasteiger partial charge in [-0.25, -0.2) is 0 Å². The van der Waals surface area contributed by atoms with Gasteiger partial charge in [0.05, 0.1) is 0 Å². The summed E-state index contributed by atoms with van der Waals surface area (Å²) in [6.07, 6.45) is 15.1. The van der Waals surface area contributed by atoms with E-state index >= 15 is 0 Å². The van der Waals surface area contributed by atoms with Gasteiger partial charge in [-0.05, 0) is 116 Å². The largest absolute Gasteiger partial charge is 0.300 e. The Hall–Kier alpha value is -0.330. The number of ketones is 1. The Kier molecular flexibility index (Phi) is 5.32. The summed E-state index contributed by atoms with van der Waals surface area (Å²) in [5, 5.41) is 0. The number of carbonyl (C=O) groups excluding carboxylic acids is 1. The molecular formula is C27H46O. The zero-order valence-corrected chi connectivity index (χ0v) is 19.7. The molecule has 1 nitrogen and oxygen atoms in total. The molecule has 4 aliphatic rings. The molecule has 0 N–H and O–H groups in total. The number of fused-ring (bicyclic) bond motifs is 5. The van der Waals surface area contributed by atoms with Gasteiger partial charge < -0.3 is 4.79 Å². The standard InChI is InChI=1S/C27H46O/c1-18-11-16-27(6)24-13-15-26(5)22(19(2)7-8-20(3)28)9-10-23(26)21(24)12-14-25(27,4)17-18/h18-19,21-24H,7-17H2,1-6H3/t18-,19?,21?,22-,23?,24?,25-,26-,27-/m1/s1. The topological polar surface area (TPSA) is 17.1 Å². The van der Waals surface area contributed by atoms with Crippen molar-refractivity contribution >= 4 is 5.78 Å². The smallest absolute Gasteiger partial charge is 0.129 e. The fourth-order valence-electron chi connectivity index (χ4n) is 9.55. The number of Topliss-reactive ketones (excluding diaryl/α,β-unsaturated/α-hetero) is 1. The first-order valence-corrected chi connectivity index (χ1v) is 12.6. The lowest BCUT2D eigenvalue weighted by molar-refractivity contribution is -0.161. The van der Waals surface area contributed by atoms with Crippen LogP contribution in [0.1, 0.15) is 112 Å². The summed E-state index contributed by atoms with van der Waals surface area (Å²) in [6, 6.07) is 0. The Morgan fingerprint density at radius 3 is 2.43 bits per heavy atom. The quantitative estimate of drug-likeness (QED) is 0.484. The van der Waals surface area contributed by atoms with Crippen molar-refractivity contribution in [3.8, 4) is 0 Å². The highest BCUT2D eigenvalue weighted by atomic mass is 16.1. The summed E-state index contributed by atoms with van der Waals surface area (Å²) in [5.74, 6) is 5.79. The molecule has 0 spiro atoms. The molecule has 4 aliphatic carbocycles. The van der Waals surface area contributed by atoms with Gasteiger partial charge in [0.1, 0.15) is 5.78 Å². The van der Waals surface area contributed by atoms with Crippen LogP contribution in [-0.2, 0) is 4.79 Å². The van der Waals surface area contributed by atoms with Crippen molar-refractivity contribution < 1.29 is 4.79 Å². The summed E-state index contributed by atoms with van der Waals surface area (Å²) in [6.45, 7) is 14.7. The number of carbonyl (C=O) groups is 1. The Morgan fingerprint density at radius 2 is 1.71 bits per heavy atom. The second-order valence-corrected chi connectivity index (χ2v) is 12.7. The van der Waals surface area contributed by atoms with E-state index in [9.17, 15) is 4.79 Å². The number of hydrogen-bond acceptors (Lipinski definition) is 1. The molecule has 4 fully saturated rings. The lowest BCUT2D eigenvalue weighted by Crippen LogP contribution is -2.57. The van der Waals surface area contributed by atoms with E-state index in [1.807, 2.05) is 0 Å². The van der Waals surface area contributed by atoms with Gasteiger partial charge in [0.25, 0.3) is 0 Å². The predicted molar refractivity (Wildman–Crippen MR) is 118 cm³/mol. The molecule has 0 saturated heterocycles. The minimum absolute atomic E-state index is 0.376. The van der Waals surface area contributed by atoms with E-state index in [4.69, 9.17) is 0 Å². The first-order chi connectivity index (χ1) is 13.1. The van der Waals surface area contributed by atoms with Gasteiger partial charge in [-0.1, -0.05) is 41.0 Å². The van der Waals surface area contributed by atoms with Gasteiger partial charge in [0.15, 0.2) is 0 Å². The molecule has 28 heavy (non-hydrogen) atoms. The molecule has 4 unspecified atom stereocenters. The first-order valence-electron chi connectivity index (χ1n) is 12.6. The highest BCUT2D eigenvalue weighted by Crippen LogP contribution is 2.71. The monoisotopic (exact) mass is 386 g/mol. The molecule has 4 rings (SSSR count). The van der Waals surface area contributed by atoms with E-state index < -0.39 is 0 Å². The maximum Gasteiger partial charge on any atom is 0.129 e. The van der Waals surface area contributed by atoms with Crippen LogP contribution in [-0.4, -0.2) is 5.78 Å². The van der Waals surface area contributed by atoms with Crippen LogP contribution in [0.25, 0.3) is 0 Å². The van der Waals surface area contributed by atoms with Crippen LogP contribution in [0.4, 0.5) is 0 Å². The molecule has 0 bridgehead atoms. The highest BCUT2D eigenvalue weighted by Gasteiger charge is 2.63. The summed E-state index contributed by atoms with van der Waals surface area (Å²) in [7, 11) is 0. The van der Waals surface area contributed by atoms with Crippen LogP contribution in [0, 0.1) is 51.8 Å². The normalized spacial score (nSPS) is 51.7. The van der Waals surface area contributed by atoms with Gasteiger partial charge in [0, 0.05) is 6.42 Å². The Bertz CT molecular complexity index is 609. The minimum Gasteiger partial charge on any atom is -0.300 e. The summed E-state index contributed by atoms with van der Waals surface area (Å²) >= 11 is 0. The van der Waals surface area contributed by atoms with E-state index in [-0.39, 0.29) is 0 Å². The fraction of sp³-hybridized carbons (Fsp3) is 0.963. The third-order valence-electron chi connectivity index (χ3n) is 11.3. The maximum atomic E-state index is 11.5. The van der Waals surface area contributed by atoms with Gasteiger partial charge >= 0.3 is 0 Å². The molecule has 0 aliphatic heterocycles. The SMILES string of the molecule is CC(=O)CCC(C)[C@H]1CCC2C3CC[C@]4(C)C[C@H](C)CC[C@]4(C)C3CC[C@@]21C. The molecule has 160 valence electrons. The van der Waals surface area contributed by atoms with E-state index in [1.54, 1.807) is 6.92 Å². The van der Waals surface area contributed by atoms with Crippen LogP contribution in [0.3, 0.4) is 0 Å². The highest BCUT2D eigenvalue weighted by molar-refractivity contribution is 5.75. The average molecular weight is 387 g/mol. The van der Waals surface area contributed by atoms with Crippen molar-refractivity contribution in [2.45, 2.75) is 112 Å². The summed E-state index contributed by atoms with van der Waals surface area (Å²) < 4.78 is 0. The van der Waals surface area contributed by atoms with Crippen molar-refractivity contribution in [3.63, 3.8) is 0 Å². The number of hydrogen-bond donors (Lipinski definition) is 0. The maximum absolute atomic E-state index is 11.5. The second-order valence-electron chi connectivity index (χ2n) is 12.7. The molecule has 0 radical (unpaired) electrons. The first kappa shape index (κ1) is 20.9. The third-order valence-corrected chi connectivity index (χ3v) is 11.3. The molecule has 1 heteroatoms. The van der Waals surface area contributed by atoms with Gasteiger partial charge in [-0.15, -0.1) is 0 Å². The average Bonchev–Trinajstić information content (AvgIpc) is 2.98. The van der Waals surface area contributed by atoms with Crippen LogP contribution < -0.4 is 0 Å². The Labute approximate surface area is 174 Å². The Balaban J connectivity index is 1.54. The van der Waals surface area contributed by atoms with Gasteiger partial charge in [-0.2, -0.15) is 0 Å². The van der Waals surface area contributed by atoms with Crippen LogP contribution in [0.2, 0.25) is 0 Å². The molecular weight excluding hydrogens is 340 g/mol. The van der Waals surface area contributed by atoms with Crippen molar-refractivity contribution in [2.75, 3.05) is 0 Å². The van der Waals surface area contributed by atoms with Crippen LogP contribution in [0.15, 0.2) is 0 Å². The van der Waals surface area contributed by atoms with E-state index in [0.29, 0.717) is 22.0 Å². The molecule has 0 amide bonds. The molecule has 9 atom stereocenters.